The van der Waals surface area contributed by atoms with E-state index in [1.54, 1.807) is 0 Å². The molecule has 0 bridgehead atoms. The second-order valence-corrected chi connectivity index (χ2v) is 27.1. The van der Waals surface area contributed by atoms with Crippen LogP contribution in [0.25, 0.3) is 0 Å². The smallest absolute Gasteiger partial charge is 0.474 e. The third-order valence-corrected chi connectivity index (χ3v) is 19.1. The SMILES string of the molecule is CCCCCCCCCCCCCCCCO[C@H](COP(=O)(O)O[C@H]1O[C@H](C(N)=O)[C@@H](O)C(OC(N)=O)C1O[C@@H]1O[C@@H](CO)[C@@H](O[C@@H]2OC(CO)C(O)[C@H](O)[C@@H]2NC(=O)Cn2cc(CNC(=O)c3ccc4c(c3)C(=O)OC43c4ccc(O)cc4Oc4cc(O)ccc43)nn2)C(O)C1NC(C)=O)C(=O)O. The highest BCUT2D eigenvalue weighted by Crippen LogP contribution is 2.57. The van der Waals surface area contributed by atoms with Gasteiger partial charge in [0, 0.05) is 47.9 Å². The van der Waals surface area contributed by atoms with Crippen LogP contribution in [0.4, 0.5) is 4.79 Å². The van der Waals surface area contributed by atoms with Crippen LogP contribution in [-0.4, -0.2) is 232 Å². The summed E-state index contributed by atoms with van der Waals surface area (Å²) in [4.78, 5) is 102. The van der Waals surface area contributed by atoms with Gasteiger partial charge in [-0.05, 0) is 42.8 Å². The molecular formula is C66H89N8O29P. The van der Waals surface area contributed by atoms with E-state index in [1.165, 1.54) is 106 Å². The number of ether oxygens (including phenoxy) is 9. The number of carbonyl (C=O) groups is 7. The summed E-state index contributed by atoms with van der Waals surface area (Å²) >= 11 is 0. The molecule has 3 saturated heterocycles. The van der Waals surface area contributed by atoms with Crippen LogP contribution in [-0.2, 0) is 89.4 Å². The minimum absolute atomic E-state index is 0.0207. The van der Waals surface area contributed by atoms with E-state index in [-0.39, 0.29) is 53.0 Å². The second-order valence-electron chi connectivity index (χ2n) is 25.7. The largest absolute Gasteiger partial charge is 0.508 e. The number of aliphatic hydroxyl groups is 6. The number of hydrogen-bond acceptors (Lipinski definition) is 29. The average molecular weight is 1490 g/mol. The number of nitrogens with two attached hydrogens (primary N) is 2. The molecule has 17 N–H and O–H groups in total. The molecule has 17 atom stereocenters. The minimum Gasteiger partial charge on any atom is -0.508 e. The lowest BCUT2D eigenvalue weighted by Gasteiger charge is -2.49. The van der Waals surface area contributed by atoms with Crippen LogP contribution in [0.3, 0.4) is 0 Å². The van der Waals surface area contributed by atoms with Crippen LogP contribution in [0.15, 0.2) is 60.8 Å². The lowest BCUT2D eigenvalue weighted by molar-refractivity contribution is -0.357. The summed E-state index contributed by atoms with van der Waals surface area (Å²) in [5.74, 6) is -6.44. The van der Waals surface area contributed by atoms with Crippen LogP contribution in [0, 0.1) is 0 Å². The average Bonchev–Trinajstić information content (AvgIpc) is 1.50. The third kappa shape index (κ3) is 19.5. The summed E-state index contributed by atoms with van der Waals surface area (Å²) in [7, 11) is -5.66. The highest BCUT2D eigenvalue weighted by atomic mass is 31.2. The Morgan fingerprint density at radius 1 is 0.702 bits per heavy atom. The van der Waals surface area contributed by atoms with Crippen molar-refractivity contribution < 1.29 is 141 Å². The van der Waals surface area contributed by atoms with Crippen molar-refractivity contribution in [3.63, 3.8) is 0 Å². The van der Waals surface area contributed by atoms with E-state index in [0.717, 1.165) is 43.7 Å². The van der Waals surface area contributed by atoms with Crippen molar-refractivity contribution in [3.05, 3.63) is 94.3 Å². The highest BCUT2D eigenvalue weighted by molar-refractivity contribution is 7.47. The fourth-order valence-corrected chi connectivity index (χ4v) is 13.8. The van der Waals surface area contributed by atoms with E-state index in [1.807, 2.05) is 0 Å². The van der Waals surface area contributed by atoms with E-state index in [9.17, 15) is 89.0 Å². The number of carboxylic acid groups (broad SMARTS) is 1. The van der Waals surface area contributed by atoms with E-state index in [4.69, 9.17) is 63.1 Å². The number of carbonyl (C=O) groups excluding carboxylic acids is 6. The molecule has 0 saturated carbocycles. The van der Waals surface area contributed by atoms with Crippen molar-refractivity contribution in [2.75, 3.05) is 26.4 Å². The van der Waals surface area contributed by atoms with Crippen molar-refractivity contribution in [1.29, 1.82) is 0 Å². The van der Waals surface area contributed by atoms with Crippen LogP contribution in [0.5, 0.6) is 23.0 Å². The number of unbranched alkanes of at least 4 members (excludes halogenated alkanes) is 13. The van der Waals surface area contributed by atoms with Gasteiger partial charge in [-0.15, -0.1) is 5.10 Å². The number of aliphatic carboxylic acids is 1. The first-order chi connectivity index (χ1) is 49.7. The zero-order valence-electron chi connectivity index (χ0n) is 56.8. The predicted molar refractivity (Wildman–Crippen MR) is 351 cm³/mol. The number of phenolic OH excluding ortho intramolecular Hbond substituents is 2. The maximum absolute atomic E-state index is 13.8. The zero-order chi connectivity index (χ0) is 75.2. The number of amides is 5. The highest BCUT2D eigenvalue weighted by Gasteiger charge is 2.58. The number of rotatable bonds is 37. The number of nitrogens with zero attached hydrogens (tertiary/aromatic N) is 3. The third-order valence-electron chi connectivity index (χ3n) is 18.1. The van der Waals surface area contributed by atoms with E-state index in [0.29, 0.717) is 29.5 Å². The van der Waals surface area contributed by atoms with Gasteiger partial charge < -0.3 is 121 Å². The Bertz CT molecular complexity index is 3650. The lowest BCUT2D eigenvalue weighted by Crippen LogP contribution is -2.70. The molecular weight excluding hydrogens is 1400 g/mol. The normalized spacial score (nSPS) is 26.9. The number of primary amides is 2. The van der Waals surface area contributed by atoms with Gasteiger partial charge >= 0.3 is 25.9 Å². The fourth-order valence-electron chi connectivity index (χ4n) is 13.0. The van der Waals surface area contributed by atoms with Crippen LogP contribution in [0.1, 0.15) is 147 Å². The zero-order valence-corrected chi connectivity index (χ0v) is 57.7. The van der Waals surface area contributed by atoms with Gasteiger partial charge in [0.15, 0.2) is 48.9 Å². The number of nitrogens with one attached hydrogen (secondary N) is 3. The Labute approximate surface area is 594 Å². The van der Waals surface area contributed by atoms with E-state index >= 15 is 0 Å². The standard InChI is InChI=1S/C66H89N8O29P/c1-3-4-5-6-7-8-9-10-11-12-13-14-15-16-23-93-46(60(87)88)32-94-104(91,92)103-64-57(55(101-65(68)90)53(84)56(99-64)58(67)85)100-63-49(70-33(2)77)52(83)54(45(31-76)97-63)98-62-48(51(82)50(81)44(30-75)96-62)71-47(80)29-74-28-35(72-73-74)27-69-59(86)34-17-20-39-38(24-34)61(89)102-66(39)40-21-18-36(78)25-42(40)95-43-26-37(79)19-22-41(43)66/h17-22,24-26,28,44-46,48-57,62-64,75-76,78-79,81-84H,3-16,23,27,29-32H2,1-2H3,(H2,67,85)(H2,68,90)(H,69,86)(H,70,77)(H,71,80)(H,87,88)(H,91,92)/t44?,45-,46+,48-,49?,50?,51+,52?,53-,54+,55?,56-,57?,62-,63-,64+/m0/s1. The number of phosphoric acid groups is 1. The Kier molecular flexibility index (Phi) is 27.9. The van der Waals surface area contributed by atoms with Gasteiger partial charge in [0.05, 0.1) is 38.1 Å². The fraction of sp³-hybridized carbons (Fsp3) is 0.591. The molecule has 3 fully saturated rings. The number of aliphatic hydroxyl groups excluding tert-OH is 6. The summed E-state index contributed by atoms with van der Waals surface area (Å²) < 4.78 is 77.1. The number of hydrogen-bond donors (Lipinski definition) is 15. The topological polar surface area (TPSA) is 559 Å². The van der Waals surface area contributed by atoms with Gasteiger partial charge in [0.25, 0.3) is 5.91 Å². The molecule has 7 unspecified atom stereocenters. The molecule has 5 aliphatic heterocycles. The summed E-state index contributed by atoms with van der Waals surface area (Å²) in [6, 6.07) is 9.00. The number of phosphoric ester groups is 1. The molecule has 1 aromatic heterocycles. The maximum Gasteiger partial charge on any atom is 0.474 e. The van der Waals surface area contributed by atoms with E-state index in [2.05, 4.69) is 33.2 Å². The molecule has 0 radical (unpaired) electrons. The summed E-state index contributed by atoms with van der Waals surface area (Å²) in [5, 5.41) is 113. The summed E-state index contributed by atoms with van der Waals surface area (Å²) in [5.41, 5.74) is 10.5. The maximum atomic E-state index is 13.8. The second kappa shape index (κ2) is 36.3. The minimum atomic E-state index is -5.66. The Morgan fingerprint density at radius 2 is 1.28 bits per heavy atom. The van der Waals surface area contributed by atoms with Gasteiger partial charge in [-0.25, -0.2) is 23.6 Å². The number of aromatic hydroxyl groups is 2. The van der Waals surface area contributed by atoms with Gasteiger partial charge in [-0.3, -0.25) is 28.2 Å². The number of carboxylic acids is 1. The van der Waals surface area contributed by atoms with E-state index < -0.39 is 180 Å². The van der Waals surface area contributed by atoms with Crippen LogP contribution in [0.2, 0.25) is 0 Å². The molecule has 5 amide bonds. The van der Waals surface area contributed by atoms with Crippen molar-refractivity contribution in [3.8, 4) is 23.0 Å². The van der Waals surface area contributed by atoms with Crippen molar-refractivity contribution in [2.45, 2.75) is 221 Å². The van der Waals surface area contributed by atoms with Crippen molar-refractivity contribution in [1.82, 2.24) is 30.9 Å². The predicted octanol–water partition coefficient (Wildman–Crippen LogP) is 0.584. The number of phenols is 2. The molecule has 37 nitrogen and oxygen atoms in total. The van der Waals surface area contributed by atoms with Gasteiger partial charge in [0.1, 0.15) is 90.0 Å². The quantitative estimate of drug-likeness (QED) is 0.0167. The van der Waals surface area contributed by atoms with Crippen molar-refractivity contribution in [2.24, 2.45) is 11.5 Å². The Balaban J connectivity index is 0.831. The van der Waals surface area contributed by atoms with Crippen LogP contribution < -0.4 is 32.2 Å². The van der Waals surface area contributed by atoms with Crippen LogP contribution >= 0.6 is 7.82 Å². The first-order valence-electron chi connectivity index (χ1n) is 34.1. The first kappa shape index (κ1) is 80.0. The number of benzene rings is 3. The van der Waals surface area contributed by atoms with Gasteiger partial charge in [-0.1, -0.05) is 102 Å². The molecule has 6 heterocycles. The van der Waals surface area contributed by atoms with Gasteiger partial charge in [-0.2, -0.15) is 0 Å². The molecule has 5 aliphatic rings. The summed E-state index contributed by atoms with van der Waals surface area (Å²) in [6.07, 6.45) is -14.9. The number of fused-ring (bicyclic) bond motifs is 6. The number of esters is 1. The molecule has 104 heavy (non-hydrogen) atoms. The summed E-state index contributed by atoms with van der Waals surface area (Å²) in [6.45, 7) is -1.15. The van der Waals surface area contributed by atoms with Gasteiger partial charge in [0.2, 0.25) is 17.7 Å². The first-order valence-corrected chi connectivity index (χ1v) is 35.6. The molecule has 3 aromatic carbocycles. The monoisotopic (exact) mass is 1490 g/mol. The lowest BCUT2D eigenvalue weighted by atomic mass is 9.77. The Hall–Kier alpha value is -8.08. The van der Waals surface area contributed by atoms with Crippen molar-refractivity contribution >= 4 is 49.5 Å². The molecule has 1 spiro atoms. The molecule has 572 valence electrons. The molecule has 38 heteroatoms. The Morgan fingerprint density at radius 3 is 1.86 bits per heavy atom. The molecule has 0 aliphatic carbocycles. The number of aromatic nitrogens is 3. The molecule has 9 rings (SSSR count). The molecule has 4 aromatic rings.